The predicted octanol–water partition coefficient (Wildman–Crippen LogP) is 5.12. The quantitative estimate of drug-likeness (QED) is 0.328. The third kappa shape index (κ3) is 3.57. The molecule has 7 heteroatoms. The Hall–Kier alpha value is -2.96. The standard InChI is InChI=1S/C22H14BrClN2O3/c23-15-8-11-17(25-12-15)26-19(13-4-2-1-3-5-13)18(21(28)22(26)29)20(27)14-6-9-16(24)10-7-14/h1-12,19,27H/b20-18+/t19-/m1/s1. The van der Waals surface area contributed by atoms with E-state index in [0.717, 1.165) is 4.47 Å². The molecule has 2 heterocycles. The molecule has 2 aromatic carbocycles. The molecule has 1 amide bonds. The van der Waals surface area contributed by atoms with Crippen LogP contribution in [0.1, 0.15) is 17.2 Å². The third-order valence-electron chi connectivity index (χ3n) is 4.64. The van der Waals surface area contributed by atoms with Crippen LogP contribution in [0.15, 0.2) is 83.0 Å². The number of hydrogen-bond acceptors (Lipinski definition) is 4. The zero-order valence-electron chi connectivity index (χ0n) is 14.9. The molecule has 1 N–H and O–H groups in total. The lowest BCUT2D eigenvalue weighted by atomic mass is 9.95. The second-order valence-corrected chi connectivity index (χ2v) is 7.77. The van der Waals surface area contributed by atoms with Crippen LogP contribution < -0.4 is 4.90 Å². The second kappa shape index (κ2) is 7.81. The molecule has 1 saturated heterocycles. The summed E-state index contributed by atoms with van der Waals surface area (Å²) in [5, 5.41) is 11.4. The molecule has 0 saturated carbocycles. The maximum absolute atomic E-state index is 12.9. The van der Waals surface area contributed by atoms with Crippen LogP contribution in [0.2, 0.25) is 5.02 Å². The molecule has 0 spiro atoms. The Kier molecular flexibility index (Phi) is 5.22. The van der Waals surface area contributed by atoms with Crippen molar-refractivity contribution in [2.24, 2.45) is 0 Å². The Morgan fingerprint density at radius 1 is 1.00 bits per heavy atom. The Morgan fingerprint density at radius 2 is 1.69 bits per heavy atom. The summed E-state index contributed by atoms with van der Waals surface area (Å²) in [5.74, 6) is -1.45. The molecule has 1 aromatic heterocycles. The zero-order chi connectivity index (χ0) is 20.5. The summed E-state index contributed by atoms with van der Waals surface area (Å²) in [7, 11) is 0. The van der Waals surface area contributed by atoms with Crippen LogP contribution in [0.3, 0.4) is 0 Å². The van der Waals surface area contributed by atoms with Gasteiger partial charge in [-0.3, -0.25) is 14.5 Å². The summed E-state index contributed by atoms with van der Waals surface area (Å²) in [5.41, 5.74) is 1.09. The molecule has 0 aliphatic carbocycles. The van der Waals surface area contributed by atoms with E-state index in [4.69, 9.17) is 11.6 Å². The van der Waals surface area contributed by atoms with Gasteiger partial charge in [0.2, 0.25) is 0 Å². The largest absolute Gasteiger partial charge is 0.507 e. The average molecular weight is 470 g/mol. The van der Waals surface area contributed by atoms with Gasteiger partial charge < -0.3 is 5.11 Å². The maximum atomic E-state index is 12.9. The van der Waals surface area contributed by atoms with Crippen molar-refractivity contribution in [3.8, 4) is 0 Å². The summed E-state index contributed by atoms with van der Waals surface area (Å²) < 4.78 is 0.746. The van der Waals surface area contributed by atoms with Gasteiger partial charge in [-0.2, -0.15) is 0 Å². The Bertz CT molecular complexity index is 1110. The second-order valence-electron chi connectivity index (χ2n) is 6.42. The first kappa shape index (κ1) is 19.4. The van der Waals surface area contributed by atoms with E-state index in [2.05, 4.69) is 20.9 Å². The monoisotopic (exact) mass is 468 g/mol. The van der Waals surface area contributed by atoms with Crippen LogP contribution in [-0.4, -0.2) is 21.8 Å². The maximum Gasteiger partial charge on any atom is 0.301 e. The van der Waals surface area contributed by atoms with Crippen molar-refractivity contribution in [1.29, 1.82) is 0 Å². The molecule has 29 heavy (non-hydrogen) atoms. The van der Waals surface area contributed by atoms with E-state index in [1.165, 1.54) is 4.90 Å². The first-order chi connectivity index (χ1) is 14.0. The molecule has 144 valence electrons. The Balaban J connectivity index is 1.93. The highest BCUT2D eigenvalue weighted by atomic mass is 79.9. The van der Waals surface area contributed by atoms with Crippen molar-refractivity contribution in [3.05, 3.63) is 99.1 Å². The molecular weight excluding hydrogens is 456 g/mol. The van der Waals surface area contributed by atoms with Gasteiger partial charge in [0.25, 0.3) is 5.78 Å². The Morgan fingerprint density at radius 3 is 2.31 bits per heavy atom. The molecule has 0 radical (unpaired) electrons. The van der Waals surface area contributed by atoms with Crippen LogP contribution in [0, 0.1) is 0 Å². The van der Waals surface area contributed by atoms with E-state index >= 15 is 0 Å². The summed E-state index contributed by atoms with van der Waals surface area (Å²) in [6.07, 6.45) is 1.55. The fraction of sp³-hybridized carbons (Fsp3) is 0.0455. The molecule has 1 aliphatic rings. The first-order valence-electron chi connectivity index (χ1n) is 8.71. The van der Waals surface area contributed by atoms with Gasteiger partial charge in [-0.15, -0.1) is 0 Å². The number of nitrogens with zero attached hydrogens (tertiary/aromatic N) is 2. The number of Topliss-reactive ketones (excluding diaryl/α,β-unsaturated/α-hetero) is 1. The minimum atomic E-state index is -0.805. The highest BCUT2D eigenvalue weighted by molar-refractivity contribution is 9.10. The van der Waals surface area contributed by atoms with Crippen molar-refractivity contribution < 1.29 is 14.7 Å². The minimum Gasteiger partial charge on any atom is -0.507 e. The van der Waals surface area contributed by atoms with E-state index in [1.54, 1.807) is 54.7 Å². The summed E-state index contributed by atoms with van der Waals surface area (Å²) in [6, 6.07) is 18.1. The number of carbonyl (C=O) groups excluding carboxylic acids is 2. The normalized spacial score (nSPS) is 18.3. The van der Waals surface area contributed by atoms with Gasteiger partial charge in [0.15, 0.2) is 0 Å². The number of benzene rings is 2. The molecule has 1 aliphatic heterocycles. The fourth-order valence-corrected chi connectivity index (χ4v) is 3.65. The number of aliphatic hydroxyl groups excluding tert-OH is 1. The number of rotatable bonds is 3. The summed E-state index contributed by atoms with van der Waals surface area (Å²) >= 11 is 9.25. The summed E-state index contributed by atoms with van der Waals surface area (Å²) in [4.78, 5) is 31.5. The van der Waals surface area contributed by atoms with Crippen LogP contribution in [0.4, 0.5) is 5.82 Å². The first-order valence-corrected chi connectivity index (χ1v) is 9.88. The van der Waals surface area contributed by atoms with Crippen molar-refractivity contribution in [2.75, 3.05) is 4.90 Å². The number of aliphatic hydroxyl groups is 1. The zero-order valence-corrected chi connectivity index (χ0v) is 17.3. The van der Waals surface area contributed by atoms with Crippen molar-refractivity contribution in [1.82, 2.24) is 4.98 Å². The highest BCUT2D eigenvalue weighted by Crippen LogP contribution is 2.41. The fourth-order valence-electron chi connectivity index (χ4n) is 3.29. The van der Waals surface area contributed by atoms with Crippen molar-refractivity contribution >= 4 is 50.8 Å². The third-order valence-corrected chi connectivity index (χ3v) is 5.36. The van der Waals surface area contributed by atoms with Crippen molar-refractivity contribution in [2.45, 2.75) is 6.04 Å². The molecule has 0 unspecified atom stereocenters. The highest BCUT2D eigenvalue weighted by Gasteiger charge is 2.47. The topological polar surface area (TPSA) is 70.5 Å². The van der Waals surface area contributed by atoms with Crippen LogP contribution in [0.5, 0.6) is 0 Å². The van der Waals surface area contributed by atoms with Gasteiger partial charge in [-0.1, -0.05) is 41.9 Å². The number of amides is 1. The minimum absolute atomic E-state index is 0.00763. The molecule has 0 bridgehead atoms. The van der Waals surface area contributed by atoms with Crippen LogP contribution in [0.25, 0.3) is 5.76 Å². The Labute approximate surface area is 180 Å². The molecule has 5 nitrogen and oxygen atoms in total. The lowest BCUT2D eigenvalue weighted by Gasteiger charge is -2.24. The van der Waals surface area contributed by atoms with Crippen LogP contribution in [-0.2, 0) is 9.59 Å². The predicted molar refractivity (Wildman–Crippen MR) is 115 cm³/mol. The van der Waals surface area contributed by atoms with Crippen molar-refractivity contribution in [3.63, 3.8) is 0 Å². The van der Waals surface area contributed by atoms with Gasteiger partial charge in [0, 0.05) is 21.3 Å². The van der Waals surface area contributed by atoms with E-state index in [0.29, 0.717) is 22.0 Å². The SMILES string of the molecule is O=C1C(=O)N(c2ccc(Br)cn2)[C@H](c2ccccc2)/C1=C(\O)c1ccc(Cl)cc1. The van der Waals surface area contributed by atoms with Gasteiger partial charge in [-0.05, 0) is 57.9 Å². The van der Waals surface area contributed by atoms with Crippen LogP contribution >= 0.6 is 27.5 Å². The van der Waals surface area contributed by atoms with E-state index in [9.17, 15) is 14.7 Å². The van der Waals surface area contributed by atoms with Gasteiger partial charge >= 0.3 is 5.91 Å². The van der Waals surface area contributed by atoms with Gasteiger partial charge in [0.1, 0.15) is 11.6 Å². The van der Waals surface area contributed by atoms with E-state index in [-0.39, 0.29) is 11.3 Å². The van der Waals surface area contributed by atoms with E-state index < -0.39 is 17.7 Å². The number of ketones is 1. The number of anilines is 1. The number of aromatic nitrogens is 1. The molecule has 3 aromatic rings. The van der Waals surface area contributed by atoms with Gasteiger partial charge in [-0.25, -0.2) is 4.98 Å². The lowest BCUT2D eigenvalue weighted by molar-refractivity contribution is -0.132. The number of hydrogen-bond donors (Lipinski definition) is 1. The molecule has 1 atom stereocenters. The molecule has 4 rings (SSSR count). The molecule has 1 fully saturated rings. The number of halogens is 2. The van der Waals surface area contributed by atoms with E-state index in [1.807, 2.05) is 18.2 Å². The lowest BCUT2D eigenvalue weighted by Crippen LogP contribution is -2.30. The summed E-state index contributed by atoms with van der Waals surface area (Å²) in [6.45, 7) is 0. The number of pyridine rings is 1. The molecular formula is C22H14BrClN2O3. The smallest absolute Gasteiger partial charge is 0.301 e. The average Bonchev–Trinajstić information content (AvgIpc) is 3.00. The number of carbonyl (C=O) groups is 2. The van der Waals surface area contributed by atoms with Gasteiger partial charge in [0.05, 0.1) is 11.6 Å².